The molecule has 1 aromatic rings. The lowest BCUT2D eigenvalue weighted by Crippen LogP contribution is -2.36. The number of hydrogen-bond donors (Lipinski definition) is 1. The van der Waals surface area contributed by atoms with E-state index in [2.05, 4.69) is 5.32 Å². The molecule has 5 nitrogen and oxygen atoms in total. The fourth-order valence-corrected chi connectivity index (χ4v) is 2.33. The van der Waals surface area contributed by atoms with E-state index >= 15 is 0 Å². The summed E-state index contributed by atoms with van der Waals surface area (Å²) in [6, 6.07) is 6.07. The molecular weight excluding hydrogens is 273 g/mol. The van der Waals surface area contributed by atoms with E-state index in [1.165, 1.54) is 17.0 Å². The predicted molar refractivity (Wildman–Crippen MR) is 73.3 cm³/mol. The van der Waals surface area contributed by atoms with Crippen LogP contribution in [0.3, 0.4) is 0 Å². The normalized spacial score (nSPS) is 17.2. The number of nitriles is 1. The number of benzene rings is 1. The fraction of sp³-hybridized carbons (Fsp3) is 0.400. The third-order valence-corrected chi connectivity index (χ3v) is 3.56. The van der Waals surface area contributed by atoms with E-state index in [-0.39, 0.29) is 36.3 Å². The van der Waals surface area contributed by atoms with Crippen LogP contribution in [0.5, 0.6) is 0 Å². The predicted octanol–water partition coefficient (Wildman–Crippen LogP) is 1.18. The smallest absolute Gasteiger partial charge is 0.228 e. The van der Waals surface area contributed by atoms with Crippen LogP contribution < -0.4 is 5.32 Å². The Labute approximate surface area is 122 Å². The van der Waals surface area contributed by atoms with Crippen LogP contribution in [0.2, 0.25) is 0 Å². The summed E-state index contributed by atoms with van der Waals surface area (Å²) >= 11 is 0. The maximum Gasteiger partial charge on any atom is 0.228 e. The third-order valence-electron chi connectivity index (χ3n) is 3.56. The number of rotatable bonds is 4. The lowest BCUT2D eigenvalue weighted by molar-refractivity contribution is -0.136. The highest BCUT2D eigenvalue weighted by molar-refractivity contribution is 5.89. The number of halogens is 1. The van der Waals surface area contributed by atoms with E-state index in [1.807, 2.05) is 13.0 Å². The molecule has 2 amide bonds. The lowest BCUT2D eigenvalue weighted by Gasteiger charge is -2.24. The first kappa shape index (κ1) is 15.0. The Morgan fingerprint density at radius 1 is 1.57 bits per heavy atom. The van der Waals surface area contributed by atoms with Gasteiger partial charge in [-0.25, -0.2) is 4.39 Å². The molecule has 1 aliphatic heterocycles. The standard InChI is InChI=1S/C15H16FN3O2/c1-2-19(15(21)12-6-14(20)18-8-12)9-11-4-3-10(7-17)5-13(11)16/h3-5,12H,2,6,8-9H2,1H3,(H,18,20). The molecule has 2 rings (SSSR count). The molecule has 0 aromatic heterocycles. The van der Waals surface area contributed by atoms with Gasteiger partial charge in [-0.1, -0.05) is 6.07 Å². The van der Waals surface area contributed by atoms with Gasteiger partial charge in [-0.3, -0.25) is 9.59 Å². The second-order valence-electron chi connectivity index (χ2n) is 4.98. The van der Waals surface area contributed by atoms with Crippen LogP contribution in [-0.4, -0.2) is 29.8 Å². The Balaban J connectivity index is 2.10. The molecule has 21 heavy (non-hydrogen) atoms. The van der Waals surface area contributed by atoms with Gasteiger partial charge in [0.05, 0.1) is 17.6 Å². The molecule has 0 radical (unpaired) electrons. The number of carbonyl (C=O) groups excluding carboxylic acids is 2. The molecule has 1 aliphatic rings. The zero-order valence-electron chi connectivity index (χ0n) is 11.7. The molecule has 6 heteroatoms. The summed E-state index contributed by atoms with van der Waals surface area (Å²) in [5.74, 6) is -1.16. The summed E-state index contributed by atoms with van der Waals surface area (Å²) in [5.41, 5.74) is 0.609. The average molecular weight is 289 g/mol. The van der Waals surface area contributed by atoms with Crippen molar-refractivity contribution in [2.24, 2.45) is 5.92 Å². The van der Waals surface area contributed by atoms with Crippen molar-refractivity contribution < 1.29 is 14.0 Å². The monoisotopic (exact) mass is 289 g/mol. The first-order valence-electron chi connectivity index (χ1n) is 6.79. The van der Waals surface area contributed by atoms with E-state index in [1.54, 1.807) is 0 Å². The molecule has 1 saturated heterocycles. The third kappa shape index (κ3) is 3.37. The van der Waals surface area contributed by atoms with Crippen LogP contribution in [0, 0.1) is 23.1 Å². The van der Waals surface area contributed by atoms with Crippen molar-refractivity contribution in [2.75, 3.05) is 13.1 Å². The van der Waals surface area contributed by atoms with Gasteiger partial charge in [-0.05, 0) is 19.1 Å². The summed E-state index contributed by atoms with van der Waals surface area (Å²) < 4.78 is 13.9. The van der Waals surface area contributed by atoms with E-state index in [0.29, 0.717) is 18.7 Å². The molecule has 0 saturated carbocycles. The highest BCUT2D eigenvalue weighted by Gasteiger charge is 2.31. The van der Waals surface area contributed by atoms with Gasteiger partial charge < -0.3 is 10.2 Å². The van der Waals surface area contributed by atoms with Gasteiger partial charge in [0.1, 0.15) is 5.82 Å². The van der Waals surface area contributed by atoms with Crippen LogP contribution in [0.4, 0.5) is 4.39 Å². The largest absolute Gasteiger partial charge is 0.355 e. The second-order valence-corrected chi connectivity index (χ2v) is 4.98. The van der Waals surface area contributed by atoms with Crippen LogP contribution >= 0.6 is 0 Å². The number of hydrogen-bond acceptors (Lipinski definition) is 3. The van der Waals surface area contributed by atoms with Crippen molar-refractivity contribution in [3.8, 4) is 6.07 Å². The van der Waals surface area contributed by atoms with Gasteiger partial charge in [0.15, 0.2) is 0 Å². The molecule has 1 unspecified atom stereocenters. The Morgan fingerprint density at radius 3 is 2.86 bits per heavy atom. The summed E-state index contributed by atoms with van der Waals surface area (Å²) in [5, 5.41) is 11.3. The molecule has 0 bridgehead atoms. The van der Waals surface area contributed by atoms with Crippen molar-refractivity contribution in [2.45, 2.75) is 19.9 Å². The van der Waals surface area contributed by atoms with Crippen molar-refractivity contribution >= 4 is 11.8 Å². The average Bonchev–Trinajstić information content (AvgIpc) is 2.92. The van der Waals surface area contributed by atoms with Crippen molar-refractivity contribution in [3.05, 3.63) is 35.1 Å². The molecule has 1 heterocycles. The Kier molecular flexibility index (Phi) is 4.53. The molecule has 1 aromatic carbocycles. The minimum atomic E-state index is -0.499. The number of nitrogens with zero attached hydrogens (tertiary/aromatic N) is 2. The summed E-state index contributed by atoms with van der Waals surface area (Å²) in [6.45, 7) is 2.72. The molecule has 0 spiro atoms. The van der Waals surface area contributed by atoms with Gasteiger partial charge in [0, 0.05) is 31.6 Å². The van der Waals surface area contributed by atoms with Gasteiger partial charge in [-0.15, -0.1) is 0 Å². The first-order chi connectivity index (χ1) is 10.0. The minimum absolute atomic E-state index is 0.131. The van der Waals surface area contributed by atoms with E-state index in [0.717, 1.165) is 6.07 Å². The second kappa shape index (κ2) is 6.35. The highest BCUT2D eigenvalue weighted by Crippen LogP contribution is 2.17. The van der Waals surface area contributed by atoms with Gasteiger partial charge >= 0.3 is 0 Å². The molecule has 1 N–H and O–H groups in total. The van der Waals surface area contributed by atoms with Crippen LogP contribution in [-0.2, 0) is 16.1 Å². The molecule has 1 fully saturated rings. The maximum absolute atomic E-state index is 13.9. The highest BCUT2D eigenvalue weighted by atomic mass is 19.1. The Hall–Kier alpha value is -2.42. The summed E-state index contributed by atoms with van der Waals surface area (Å²) in [4.78, 5) is 25.0. The molecular formula is C15H16FN3O2. The summed E-state index contributed by atoms with van der Waals surface area (Å²) in [6.07, 6.45) is 0.186. The van der Waals surface area contributed by atoms with Crippen LogP contribution in [0.15, 0.2) is 18.2 Å². The quantitative estimate of drug-likeness (QED) is 0.904. The molecule has 110 valence electrons. The van der Waals surface area contributed by atoms with Crippen LogP contribution in [0.25, 0.3) is 0 Å². The topological polar surface area (TPSA) is 73.2 Å². The minimum Gasteiger partial charge on any atom is -0.355 e. The number of amides is 2. The lowest BCUT2D eigenvalue weighted by atomic mass is 10.1. The van der Waals surface area contributed by atoms with Crippen molar-refractivity contribution in [3.63, 3.8) is 0 Å². The van der Waals surface area contributed by atoms with Crippen LogP contribution in [0.1, 0.15) is 24.5 Å². The number of nitrogens with one attached hydrogen (secondary N) is 1. The SMILES string of the molecule is CCN(Cc1ccc(C#N)cc1F)C(=O)C1CNC(=O)C1. The Morgan fingerprint density at radius 2 is 2.33 bits per heavy atom. The zero-order chi connectivity index (χ0) is 15.4. The van der Waals surface area contributed by atoms with Gasteiger partial charge in [0.2, 0.25) is 11.8 Å². The van der Waals surface area contributed by atoms with Gasteiger partial charge in [-0.2, -0.15) is 5.26 Å². The molecule has 0 aliphatic carbocycles. The van der Waals surface area contributed by atoms with Crippen molar-refractivity contribution in [1.82, 2.24) is 10.2 Å². The first-order valence-corrected chi connectivity index (χ1v) is 6.79. The van der Waals surface area contributed by atoms with E-state index < -0.39 is 5.82 Å². The maximum atomic E-state index is 13.9. The summed E-state index contributed by atoms with van der Waals surface area (Å²) in [7, 11) is 0. The van der Waals surface area contributed by atoms with E-state index in [9.17, 15) is 14.0 Å². The van der Waals surface area contributed by atoms with Crippen molar-refractivity contribution in [1.29, 1.82) is 5.26 Å². The fourth-order valence-electron chi connectivity index (χ4n) is 2.33. The van der Waals surface area contributed by atoms with Gasteiger partial charge in [0.25, 0.3) is 0 Å². The zero-order valence-corrected chi connectivity index (χ0v) is 11.7. The molecule has 1 atom stereocenters. The number of carbonyl (C=O) groups is 2. The van der Waals surface area contributed by atoms with E-state index in [4.69, 9.17) is 5.26 Å². The Bertz CT molecular complexity index is 609.